The van der Waals surface area contributed by atoms with Gasteiger partial charge in [-0.05, 0) is 12.1 Å². The van der Waals surface area contributed by atoms with Crippen molar-refractivity contribution in [2.24, 2.45) is 5.73 Å². The van der Waals surface area contributed by atoms with Crippen LogP contribution >= 0.6 is 12.4 Å². The Bertz CT molecular complexity index is 357. The van der Waals surface area contributed by atoms with Gasteiger partial charge in [-0.3, -0.25) is 0 Å². The summed E-state index contributed by atoms with van der Waals surface area (Å²) in [6.07, 6.45) is -4.54. The first-order valence-corrected chi connectivity index (χ1v) is 4.05. The van der Waals surface area contributed by atoms with Gasteiger partial charge in [-0.15, -0.1) is 12.4 Å². The molecule has 0 saturated carbocycles. The fourth-order valence-corrected chi connectivity index (χ4v) is 1.13. The van der Waals surface area contributed by atoms with Crippen LogP contribution in [0.15, 0.2) is 18.2 Å². The lowest BCUT2D eigenvalue weighted by Gasteiger charge is -2.18. The normalized spacial score (nSPS) is 12.8. The van der Waals surface area contributed by atoms with E-state index in [1.54, 1.807) is 0 Å². The zero-order valence-corrected chi connectivity index (χ0v) is 9.10. The van der Waals surface area contributed by atoms with Gasteiger partial charge in [0.05, 0.1) is 7.11 Å². The van der Waals surface area contributed by atoms with Crippen molar-refractivity contribution in [2.45, 2.75) is 12.2 Å². The Hall–Kier alpha value is -1.14. The van der Waals surface area contributed by atoms with Crippen molar-refractivity contribution < 1.29 is 23.0 Å². The van der Waals surface area contributed by atoms with Crippen LogP contribution in [0.1, 0.15) is 11.6 Å². The monoisotopic (exact) mass is 257 g/mol. The average Bonchev–Trinajstić information content (AvgIpc) is 2.15. The Kier molecular flexibility index (Phi) is 4.89. The number of halogens is 4. The second-order valence-electron chi connectivity index (χ2n) is 2.95. The summed E-state index contributed by atoms with van der Waals surface area (Å²) in [4.78, 5) is 0. The molecule has 1 rings (SSSR count). The topological polar surface area (TPSA) is 55.5 Å². The number of rotatable bonds is 2. The second-order valence-corrected chi connectivity index (χ2v) is 2.95. The third-order valence-corrected chi connectivity index (χ3v) is 1.90. The van der Waals surface area contributed by atoms with Crippen molar-refractivity contribution in [3.63, 3.8) is 0 Å². The molecule has 1 aromatic carbocycles. The Morgan fingerprint density at radius 1 is 1.38 bits per heavy atom. The number of hydrogen-bond acceptors (Lipinski definition) is 3. The number of hydrogen-bond donors (Lipinski definition) is 2. The van der Waals surface area contributed by atoms with Crippen LogP contribution in [0, 0.1) is 0 Å². The van der Waals surface area contributed by atoms with E-state index in [1.165, 1.54) is 7.11 Å². The van der Waals surface area contributed by atoms with Crippen LogP contribution in [0.3, 0.4) is 0 Å². The molecule has 0 unspecified atom stereocenters. The lowest BCUT2D eigenvalue weighted by molar-refractivity contribution is -0.149. The molecule has 0 aromatic heterocycles. The van der Waals surface area contributed by atoms with Crippen molar-refractivity contribution >= 4 is 12.4 Å². The zero-order valence-electron chi connectivity index (χ0n) is 8.28. The third kappa shape index (κ3) is 3.18. The molecule has 0 fully saturated rings. The highest BCUT2D eigenvalue weighted by atomic mass is 35.5. The summed E-state index contributed by atoms with van der Waals surface area (Å²) in [5, 5.41) is 9.05. The number of methoxy groups -OCH3 is 1. The van der Waals surface area contributed by atoms with E-state index in [4.69, 9.17) is 15.6 Å². The summed E-state index contributed by atoms with van der Waals surface area (Å²) in [6, 6.07) is 1.18. The molecule has 1 aromatic rings. The number of alkyl halides is 3. The highest BCUT2D eigenvalue weighted by molar-refractivity contribution is 5.85. The molecule has 0 bridgehead atoms. The fraction of sp³-hybridized carbons (Fsp3) is 0.333. The Balaban J connectivity index is 0.00000225. The van der Waals surface area contributed by atoms with Gasteiger partial charge in [-0.25, -0.2) is 0 Å². The summed E-state index contributed by atoms with van der Waals surface area (Å²) in [5.74, 6) is -0.259. The van der Waals surface area contributed by atoms with Gasteiger partial charge in [-0.1, -0.05) is 0 Å². The Morgan fingerprint density at radius 3 is 2.38 bits per heavy atom. The van der Waals surface area contributed by atoms with E-state index < -0.39 is 12.2 Å². The number of ether oxygens (including phenoxy) is 1. The van der Waals surface area contributed by atoms with E-state index in [2.05, 4.69) is 0 Å². The quantitative estimate of drug-likeness (QED) is 0.855. The van der Waals surface area contributed by atoms with Gasteiger partial charge in [-0.2, -0.15) is 13.2 Å². The molecule has 1 atom stereocenters. The number of benzene rings is 1. The Morgan fingerprint density at radius 2 is 1.94 bits per heavy atom. The molecule has 0 amide bonds. The number of aromatic hydroxyl groups is 1. The van der Waals surface area contributed by atoms with Gasteiger partial charge < -0.3 is 15.6 Å². The van der Waals surface area contributed by atoms with Crippen LogP contribution in [-0.2, 0) is 0 Å². The van der Waals surface area contributed by atoms with E-state index >= 15 is 0 Å². The molecule has 3 N–H and O–H groups in total. The SMILES string of the molecule is COc1cc(O)ccc1[C@H](N)C(F)(F)F.Cl. The Labute approximate surface area is 96.4 Å². The predicted molar refractivity (Wildman–Crippen MR) is 54.9 cm³/mol. The zero-order chi connectivity index (χ0) is 11.6. The highest BCUT2D eigenvalue weighted by Gasteiger charge is 2.39. The predicted octanol–water partition coefficient (Wildman–Crippen LogP) is 2.38. The minimum absolute atomic E-state index is 0. The minimum atomic E-state index is -4.54. The molecular weight excluding hydrogens is 247 g/mol. The molecule has 3 nitrogen and oxygen atoms in total. The van der Waals surface area contributed by atoms with Crippen molar-refractivity contribution in [1.82, 2.24) is 0 Å². The maximum absolute atomic E-state index is 12.3. The van der Waals surface area contributed by atoms with Crippen LogP contribution in [0.5, 0.6) is 11.5 Å². The van der Waals surface area contributed by atoms with Gasteiger partial charge in [0, 0.05) is 11.6 Å². The first-order valence-electron chi connectivity index (χ1n) is 4.05. The van der Waals surface area contributed by atoms with Gasteiger partial charge >= 0.3 is 6.18 Å². The summed E-state index contributed by atoms with van der Waals surface area (Å²) in [6.45, 7) is 0. The van der Waals surface area contributed by atoms with Crippen LogP contribution in [0.25, 0.3) is 0 Å². The first kappa shape index (κ1) is 14.9. The van der Waals surface area contributed by atoms with Crippen LogP contribution in [0.2, 0.25) is 0 Å². The van der Waals surface area contributed by atoms with E-state index in [1.807, 2.05) is 0 Å². The lowest BCUT2D eigenvalue weighted by Crippen LogP contribution is -2.28. The second kappa shape index (κ2) is 5.27. The molecule has 0 saturated heterocycles. The maximum atomic E-state index is 12.3. The summed E-state index contributed by atoms with van der Waals surface area (Å²) >= 11 is 0. The molecule has 16 heavy (non-hydrogen) atoms. The van der Waals surface area contributed by atoms with Gasteiger partial charge in [0.15, 0.2) is 0 Å². The molecule has 0 radical (unpaired) electrons. The molecule has 0 spiro atoms. The molecule has 92 valence electrons. The summed E-state index contributed by atoms with van der Waals surface area (Å²) in [5.41, 5.74) is 4.81. The number of nitrogens with two attached hydrogens (primary N) is 1. The van der Waals surface area contributed by atoms with Gasteiger partial charge in [0.25, 0.3) is 0 Å². The number of phenolic OH excluding ortho intramolecular Hbond substituents is 1. The molecule has 0 aliphatic rings. The van der Waals surface area contributed by atoms with E-state index in [9.17, 15) is 13.2 Å². The standard InChI is InChI=1S/C9H10F3NO2.ClH/c1-15-7-4-5(14)2-3-6(7)8(13)9(10,11)12;/h2-4,8,14H,13H2,1H3;1H/t8-;/m0./s1. The van der Waals surface area contributed by atoms with Crippen molar-refractivity contribution in [1.29, 1.82) is 0 Å². The summed E-state index contributed by atoms with van der Waals surface area (Å²) in [7, 11) is 1.21. The van der Waals surface area contributed by atoms with Crippen LogP contribution in [0.4, 0.5) is 13.2 Å². The van der Waals surface area contributed by atoms with Crippen LogP contribution in [-0.4, -0.2) is 18.4 Å². The minimum Gasteiger partial charge on any atom is -0.508 e. The van der Waals surface area contributed by atoms with E-state index in [0.717, 1.165) is 18.2 Å². The number of phenols is 1. The van der Waals surface area contributed by atoms with E-state index in [-0.39, 0.29) is 29.5 Å². The van der Waals surface area contributed by atoms with Crippen molar-refractivity contribution in [3.05, 3.63) is 23.8 Å². The van der Waals surface area contributed by atoms with Gasteiger partial charge in [0.1, 0.15) is 17.5 Å². The van der Waals surface area contributed by atoms with Crippen molar-refractivity contribution in [2.75, 3.05) is 7.11 Å². The smallest absolute Gasteiger partial charge is 0.407 e. The molecule has 0 heterocycles. The third-order valence-electron chi connectivity index (χ3n) is 1.90. The largest absolute Gasteiger partial charge is 0.508 e. The van der Waals surface area contributed by atoms with Crippen molar-refractivity contribution in [3.8, 4) is 11.5 Å². The molecule has 7 heteroatoms. The lowest BCUT2D eigenvalue weighted by atomic mass is 10.1. The highest BCUT2D eigenvalue weighted by Crippen LogP contribution is 2.36. The molecule has 0 aliphatic carbocycles. The molecule has 0 aliphatic heterocycles. The van der Waals surface area contributed by atoms with E-state index in [0.29, 0.717) is 0 Å². The average molecular weight is 258 g/mol. The fourth-order valence-electron chi connectivity index (χ4n) is 1.13. The maximum Gasteiger partial charge on any atom is 0.407 e. The first-order chi connectivity index (χ1) is 6.86. The summed E-state index contributed by atoms with van der Waals surface area (Å²) < 4.78 is 41.6. The molecular formula is C9H11ClF3NO2. The van der Waals surface area contributed by atoms with Gasteiger partial charge in [0.2, 0.25) is 0 Å². The van der Waals surface area contributed by atoms with Crippen LogP contribution < -0.4 is 10.5 Å².